The zero-order valence-electron chi connectivity index (χ0n) is 10.3. The van der Waals surface area contributed by atoms with Crippen molar-refractivity contribution in [1.82, 2.24) is 4.98 Å². The number of aromatic nitrogens is 1. The molecule has 3 aromatic rings. The maximum Gasteiger partial charge on any atom is 0.400 e. The highest BCUT2D eigenvalue weighted by atomic mass is 35.5. The number of ether oxygens (including phenoxy) is 1. The van der Waals surface area contributed by atoms with E-state index >= 15 is 0 Å². The Morgan fingerprint density at radius 3 is 2.81 bits per heavy atom. The Morgan fingerprint density at radius 2 is 2.05 bits per heavy atom. The van der Waals surface area contributed by atoms with E-state index in [9.17, 15) is 4.79 Å². The molecule has 1 aromatic heterocycles. The summed E-state index contributed by atoms with van der Waals surface area (Å²) in [5.74, 6) is -0.747. The minimum Gasteiger partial charge on any atom is -0.478 e. The molecule has 0 aliphatic heterocycles. The minimum absolute atomic E-state index is 0.0447. The van der Waals surface area contributed by atoms with Gasteiger partial charge in [-0.2, -0.15) is 4.98 Å². The molecule has 0 unspecified atom stereocenters. The van der Waals surface area contributed by atoms with Crippen molar-refractivity contribution >= 4 is 40.3 Å². The molecule has 0 spiro atoms. The number of hydrogen-bond donors (Lipinski definition) is 1. The van der Waals surface area contributed by atoms with Crippen LogP contribution in [0.1, 0.15) is 10.4 Å². The molecule has 1 N–H and O–H groups in total. The van der Waals surface area contributed by atoms with E-state index in [1.807, 2.05) is 0 Å². The summed E-state index contributed by atoms with van der Waals surface area (Å²) in [6.07, 6.45) is -0.0447. The van der Waals surface area contributed by atoms with Crippen molar-refractivity contribution in [1.29, 1.82) is 0 Å². The first-order valence-corrected chi connectivity index (χ1v) is 6.56. The third-order valence-corrected chi connectivity index (χ3v) is 3.53. The zero-order chi connectivity index (χ0) is 15.0. The summed E-state index contributed by atoms with van der Waals surface area (Å²) in [5, 5.41) is 9.52. The SMILES string of the molecule is O=C(O)c1ccc2nc(Oc3cccc(Cl)c3Cl)oc2c1. The molecule has 0 saturated heterocycles. The van der Waals surface area contributed by atoms with Crippen LogP contribution < -0.4 is 4.74 Å². The van der Waals surface area contributed by atoms with Crippen molar-refractivity contribution in [3.8, 4) is 11.8 Å². The number of hydrogen-bond acceptors (Lipinski definition) is 4. The number of oxazole rings is 1. The van der Waals surface area contributed by atoms with Gasteiger partial charge < -0.3 is 14.3 Å². The Balaban J connectivity index is 1.98. The van der Waals surface area contributed by atoms with E-state index in [0.29, 0.717) is 21.9 Å². The van der Waals surface area contributed by atoms with Gasteiger partial charge in [0.25, 0.3) is 0 Å². The van der Waals surface area contributed by atoms with Crippen molar-refractivity contribution in [3.63, 3.8) is 0 Å². The van der Waals surface area contributed by atoms with Gasteiger partial charge in [-0.05, 0) is 30.3 Å². The second kappa shape index (κ2) is 5.27. The Bertz CT molecular complexity index is 844. The van der Waals surface area contributed by atoms with Crippen LogP contribution in [0.2, 0.25) is 10.0 Å². The molecule has 7 heteroatoms. The van der Waals surface area contributed by atoms with Crippen molar-refractivity contribution in [2.75, 3.05) is 0 Å². The molecular weight excluding hydrogens is 317 g/mol. The van der Waals surface area contributed by atoms with Crippen LogP contribution in [-0.4, -0.2) is 16.1 Å². The summed E-state index contributed by atoms with van der Waals surface area (Å²) in [4.78, 5) is 15.0. The summed E-state index contributed by atoms with van der Waals surface area (Å²) in [5.41, 5.74) is 0.891. The first kappa shape index (κ1) is 13.7. The standard InChI is InChI=1S/C14H7Cl2NO4/c15-8-2-1-3-10(12(8)16)20-14-17-9-5-4-7(13(18)19)6-11(9)21-14/h1-6H,(H,18,19). The highest BCUT2D eigenvalue weighted by Gasteiger charge is 2.13. The van der Waals surface area contributed by atoms with Crippen molar-refractivity contribution in [2.24, 2.45) is 0 Å². The van der Waals surface area contributed by atoms with Crippen LogP contribution in [0.25, 0.3) is 11.1 Å². The first-order valence-electron chi connectivity index (χ1n) is 5.80. The number of aromatic carboxylic acids is 1. The number of rotatable bonds is 3. The zero-order valence-corrected chi connectivity index (χ0v) is 11.9. The largest absolute Gasteiger partial charge is 0.478 e. The van der Waals surface area contributed by atoms with Crippen LogP contribution in [0.4, 0.5) is 0 Å². The van der Waals surface area contributed by atoms with Crippen LogP contribution in [0.15, 0.2) is 40.8 Å². The lowest BCUT2D eigenvalue weighted by Crippen LogP contribution is -1.94. The number of fused-ring (bicyclic) bond motifs is 1. The molecule has 3 rings (SSSR count). The van der Waals surface area contributed by atoms with Gasteiger partial charge in [0.2, 0.25) is 0 Å². The Morgan fingerprint density at radius 1 is 1.24 bits per heavy atom. The van der Waals surface area contributed by atoms with Gasteiger partial charge in [-0.3, -0.25) is 0 Å². The molecule has 0 aliphatic carbocycles. The smallest absolute Gasteiger partial charge is 0.400 e. The molecule has 106 valence electrons. The fourth-order valence-electron chi connectivity index (χ4n) is 1.74. The predicted octanol–water partition coefficient (Wildman–Crippen LogP) is 4.63. The van der Waals surface area contributed by atoms with E-state index in [0.717, 1.165) is 0 Å². The third kappa shape index (κ3) is 2.66. The fourth-order valence-corrected chi connectivity index (χ4v) is 2.07. The lowest BCUT2D eigenvalue weighted by molar-refractivity contribution is 0.0697. The molecule has 0 saturated carbocycles. The molecule has 0 aliphatic rings. The van der Waals surface area contributed by atoms with E-state index in [-0.39, 0.29) is 16.7 Å². The molecule has 0 fully saturated rings. The highest BCUT2D eigenvalue weighted by Crippen LogP contribution is 2.35. The van der Waals surface area contributed by atoms with Crippen LogP contribution in [0.5, 0.6) is 11.8 Å². The van der Waals surface area contributed by atoms with Gasteiger partial charge in [-0.25, -0.2) is 4.79 Å². The van der Waals surface area contributed by atoms with Gasteiger partial charge in [0.05, 0.1) is 10.6 Å². The van der Waals surface area contributed by atoms with Crippen LogP contribution in [0.3, 0.4) is 0 Å². The van der Waals surface area contributed by atoms with Gasteiger partial charge in [0, 0.05) is 0 Å². The maximum atomic E-state index is 10.9. The average Bonchev–Trinajstić information content (AvgIpc) is 2.85. The van der Waals surface area contributed by atoms with E-state index in [1.165, 1.54) is 18.2 Å². The molecule has 0 atom stereocenters. The first-order chi connectivity index (χ1) is 10.0. The Kier molecular flexibility index (Phi) is 3.45. The van der Waals surface area contributed by atoms with Crippen molar-refractivity contribution in [2.45, 2.75) is 0 Å². The highest BCUT2D eigenvalue weighted by molar-refractivity contribution is 6.42. The quantitative estimate of drug-likeness (QED) is 0.761. The monoisotopic (exact) mass is 323 g/mol. The van der Waals surface area contributed by atoms with Gasteiger partial charge in [-0.1, -0.05) is 29.3 Å². The predicted molar refractivity (Wildman–Crippen MR) is 77.5 cm³/mol. The lowest BCUT2D eigenvalue weighted by atomic mass is 10.2. The van der Waals surface area contributed by atoms with E-state index < -0.39 is 5.97 Å². The summed E-state index contributed by atoms with van der Waals surface area (Å²) in [6, 6.07) is 9.26. The van der Waals surface area contributed by atoms with Crippen LogP contribution in [-0.2, 0) is 0 Å². The third-order valence-electron chi connectivity index (χ3n) is 2.73. The summed E-state index contributed by atoms with van der Waals surface area (Å²) in [6.45, 7) is 0. The van der Waals surface area contributed by atoms with E-state index in [1.54, 1.807) is 18.2 Å². The topological polar surface area (TPSA) is 72.6 Å². The van der Waals surface area contributed by atoms with Crippen LogP contribution in [0, 0.1) is 0 Å². The van der Waals surface area contributed by atoms with Gasteiger partial charge in [0.15, 0.2) is 11.3 Å². The number of halogens is 2. The number of carbonyl (C=O) groups is 1. The van der Waals surface area contributed by atoms with Crippen molar-refractivity contribution < 1.29 is 19.1 Å². The molecule has 1 heterocycles. The Hall–Kier alpha value is -2.24. The maximum absolute atomic E-state index is 10.9. The van der Waals surface area contributed by atoms with Gasteiger partial charge in [0.1, 0.15) is 10.5 Å². The minimum atomic E-state index is -1.05. The molecule has 0 amide bonds. The molecule has 0 bridgehead atoms. The van der Waals surface area contributed by atoms with E-state index in [4.69, 9.17) is 37.5 Å². The lowest BCUT2D eigenvalue weighted by Gasteiger charge is -2.03. The number of nitrogens with zero attached hydrogens (tertiary/aromatic N) is 1. The van der Waals surface area contributed by atoms with Gasteiger partial charge in [-0.15, -0.1) is 0 Å². The summed E-state index contributed by atoms with van der Waals surface area (Å²) >= 11 is 11.9. The van der Waals surface area contributed by atoms with Gasteiger partial charge >= 0.3 is 12.0 Å². The number of benzene rings is 2. The van der Waals surface area contributed by atoms with E-state index in [2.05, 4.69) is 4.98 Å². The molecule has 2 aromatic carbocycles. The van der Waals surface area contributed by atoms with Crippen LogP contribution >= 0.6 is 23.2 Å². The number of carboxylic acid groups (broad SMARTS) is 1. The summed E-state index contributed by atoms with van der Waals surface area (Å²) in [7, 11) is 0. The van der Waals surface area contributed by atoms with Crippen molar-refractivity contribution in [3.05, 3.63) is 52.0 Å². The Labute approximate surface area is 128 Å². The fraction of sp³-hybridized carbons (Fsp3) is 0. The second-order valence-electron chi connectivity index (χ2n) is 4.12. The molecule has 0 radical (unpaired) electrons. The second-order valence-corrected chi connectivity index (χ2v) is 4.91. The average molecular weight is 324 g/mol. The summed E-state index contributed by atoms with van der Waals surface area (Å²) < 4.78 is 10.8. The normalized spacial score (nSPS) is 10.8. The molecule has 5 nitrogen and oxygen atoms in total. The molecule has 21 heavy (non-hydrogen) atoms. The molecular formula is C14H7Cl2NO4. The number of carboxylic acids is 1.